The smallest absolute Gasteiger partial charge is 0.181 e. The Morgan fingerprint density at radius 1 is 1.08 bits per heavy atom. The van der Waals surface area contributed by atoms with Crippen molar-refractivity contribution in [3.63, 3.8) is 0 Å². The molecule has 7 heteroatoms. The van der Waals surface area contributed by atoms with Crippen molar-refractivity contribution in [3.05, 3.63) is 76.8 Å². The van der Waals surface area contributed by atoms with Gasteiger partial charge in [-0.1, -0.05) is 11.6 Å². The maximum atomic E-state index is 13.3. The minimum absolute atomic E-state index is 0. The Morgan fingerprint density at radius 2 is 1.71 bits per heavy atom. The van der Waals surface area contributed by atoms with Gasteiger partial charge in [0.15, 0.2) is 12.2 Å². The number of rotatable bonds is 4. The molecule has 3 rings (SSSR count). The molecule has 0 saturated heterocycles. The normalized spacial score (nSPS) is 11.8. The van der Waals surface area contributed by atoms with Crippen LogP contribution in [0.25, 0.3) is 11.3 Å². The van der Waals surface area contributed by atoms with Gasteiger partial charge in [0.2, 0.25) is 0 Å². The molecule has 0 saturated carbocycles. The molecule has 0 amide bonds. The van der Waals surface area contributed by atoms with Crippen LogP contribution in [-0.2, 0) is 6.42 Å². The molecule has 0 radical (unpaired) electrons. The van der Waals surface area contributed by atoms with Crippen molar-refractivity contribution < 1.29 is 13.2 Å². The van der Waals surface area contributed by atoms with Crippen LogP contribution in [0.5, 0.6) is 0 Å². The second-order valence-corrected chi connectivity index (χ2v) is 5.60. The highest BCUT2D eigenvalue weighted by Crippen LogP contribution is 2.29. The van der Waals surface area contributed by atoms with E-state index in [0.717, 1.165) is 11.6 Å². The predicted octanol–water partition coefficient (Wildman–Crippen LogP) is 4.94. The number of halogens is 4. The Balaban J connectivity index is 0.00000208. The highest BCUT2D eigenvalue weighted by atomic mass is 35.5. The van der Waals surface area contributed by atoms with Crippen molar-refractivity contribution in [2.75, 3.05) is 0 Å². The van der Waals surface area contributed by atoms with Gasteiger partial charge in [0, 0.05) is 16.7 Å². The Morgan fingerprint density at radius 3 is 2.33 bits per heavy atom. The molecule has 1 heterocycles. The number of nitrogens with two attached hydrogens (primary N) is 1. The van der Waals surface area contributed by atoms with Gasteiger partial charge < -0.3 is 10.2 Å². The average Bonchev–Trinajstić information content (AvgIpc) is 2.96. The third-order valence-corrected chi connectivity index (χ3v) is 3.68. The van der Waals surface area contributed by atoms with Gasteiger partial charge >= 0.3 is 0 Å². The molecule has 2 N–H and O–H groups in total. The summed E-state index contributed by atoms with van der Waals surface area (Å²) in [6.07, 6.45) is 1.53. The van der Waals surface area contributed by atoms with Crippen molar-refractivity contribution in [2.24, 2.45) is 5.73 Å². The van der Waals surface area contributed by atoms with Crippen molar-refractivity contribution in [2.45, 2.75) is 12.5 Å². The molecule has 24 heavy (non-hydrogen) atoms. The molecule has 2 aromatic carbocycles. The van der Waals surface area contributed by atoms with E-state index in [-0.39, 0.29) is 18.8 Å². The molecule has 0 fully saturated rings. The number of benzene rings is 2. The van der Waals surface area contributed by atoms with E-state index in [1.807, 2.05) is 0 Å². The van der Waals surface area contributed by atoms with Gasteiger partial charge in [-0.05, 0) is 48.4 Å². The topological polar surface area (TPSA) is 52.0 Å². The van der Waals surface area contributed by atoms with Crippen LogP contribution in [0.2, 0.25) is 5.02 Å². The lowest BCUT2D eigenvalue weighted by atomic mass is 10.0. The average molecular weight is 371 g/mol. The van der Waals surface area contributed by atoms with Crippen LogP contribution < -0.4 is 5.73 Å². The van der Waals surface area contributed by atoms with Crippen molar-refractivity contribution >= 4 is 24.0 Å². The van der Waals surface area contributed by atoms with E-state index in [0.29, 0.717) is 22.0 Å². The fraction of sp³-hybridized carbons (Fsp3) is 0.118. The second kappa shape index (κ2) is 7.75. The predicted molar refractivity (Wildman–Crippen MR) is 91.2 cm³/mol. The van der Waals surface area contributed by atoms with Crippen molar-refractivity contribution in [1.29, 1.82) is 0 Å². The molecule has 0 bridgehead atoms. The first kappa shape index (κ1) is 18.4. The molecule has 126 valence electrons. The summed E-state index contributed by atoms with van der Waals surface area (Å²) in [5.41, 5.74) is 7.91. The van der Waals surface area contributed by atoms with Crippen LogP contribution in [0.1, 0.15) is 17.3 Å². The van der Waals surface area contributed by atoms with Crippen LogP contribution in [0.3, 0.4) is 0 Å². The van der Waals surface area contributed by atoms with E-state index in [2.05, 4.69) is 4.98 Å². The maximum absolute atomic E-state index is 13.3. The third-order valence-electron chi connectivity index (χ3n) is 3.43. The Bertz CT molecular complexity index is 801. The number of hydrogen-bond donors (Lipinski definition) is 1. The first-order chi connectivity index (χ1) is 11.0. The third kappa shape index (κ3) is 4.12. The lowest BCUT2D eigenvalue weighted by Gasteiger charge is -2.11. The van der Waals surface area contributed by atoms with Gasteiger partial charge in [-0.15, -0.1) is 12.4 Å². The molecule has 1 aromatic heterocycles. The van der Waals surface area contributed by atoms with Gasteiger partial charge in [-0.3, -0.25) is 0 Å². The zero-order valence-corrected chi connectivity index (χ0v) is 14.0. The van der Waals surface area contributed by atoms with Crippen LogP contribution in [0.4, 0.5) is 8.78 Å². The lowest BCUT2D eigenvalue weighted by Crippen LogP contribution is -2.15. The number of nitrogens with zero attached hydrogens (tertiary/aromatic N) is 1. The SMILES string of the molecule is Cl.NC(Cc1cc(F)cc(F)c1)c1ncoc1-c1ccc(Cl)cc1. The molecular formula is C17H14Cl2F2N2O. The lowest BCUT2D eigenvalue weighted by molar-refractivity contribution is 0.567. The van der Waals surface area contributed by atoms with Crippen molar-refractivity contribution in [3.8, 4) is 11.3 Å². The Hall–Kier alpha value is -1.95. The standard InChI is InChI=1S/C17H13ClF2N2O.ClH/c18-12-3-1-11(2-4-12)17-16(22-9-23-17)15(21)7-10-5-13(19)8-14(20)6-10;/h1-6,8-9,15H,7,21H2;1H. The Kier molecular flexibility index (Phi) is 5.94. The van der Waals surface area contributed by atoms with E-state index in [9.17, 15) is 8.78 Å². The summed E-state index contributed by atoms with van der Waals surface area (Å²) in [5, 5.41) is 0.606. The highest BCUT2D eigenvalue weighted by Gasteiger charge is 2.18. The van der Waals surface area contributed by atoms with E-state index < -0.39 is 17.7 Å². The van der Waals surface area contributed by atoms with Crippen LogP contribution in [0.15, 0.2) is 53.3 Å². The van der Waals surface area contributed by atoms with Gasteiger partial charge in [-0.2, -0.15) is 0 Å². The summed E-state index contributed by atoms with van der Waals surface area (Å²) in [6.45, 7) is 0. The molecule has 3 aromatic rings. The minimum atomic E-state index is -0.634. The molecule has 0 aliphatic heterocycles. The summed E-state index contributed by atoms with van der Waals surface area (Å²) in [4.78, 5) is 4.14. The largest absolute Gasteiger partial charge is 0.443 e. The fourth-order valence-electron chi connectivity index (χ4n) is 2.42. The first-order valence-electron chi connectivity index (χ1n) is 6.93. The quantitative estimate of drug-likeness (QED) is 0.707. The van der Waals surface area contributed by atoms with Gasteiger partial charge in [0.05, 0.1) is 6.04 Å². The monoisotopic (exact) mass is 370 g/mol. The number of aromatic nitrogens is 1. The molecule has 0 aliphatic carbocycles. The summed E-state index contributed by atoms with van der Waals surface area (Å²) < 4.78 is 32.0. The summed E-state index contributed by atoms with van der Waals surface area (Å²) >= 11 is 5.87. The second-order valence-electron chi connectivity index (χ2n) is 5.16. The van der Waals surface area contributed by atoms with Crippen molar-refractivity contribution in [1.82, 2.24) is 4.98 Å². The van der Waals surface area contributed by atoms with Gasteiger partial charge in [0.25, 0.3) is 0 Å². The van der Waals surface area contributed by atoms with Crippen LogP contribution in [-0.4, -0.2) is 4.98 Å². The van der Waals surface area contributed by atoms with E-state index in [1.165, 1.54) is 18.5 Å². The van der Waals surface area contributed by atoms with E-state index >= 15 is 0 Å². The zero-order valence-electron chi connectivity index (χ0n) is 12.4. The first-order valence-corrected chi connectivity index (χ1v) is 7.30. The van der Waals surface area contributed by atoms with Crippen LogP contribution in [0, 0.1) is 11.6 Å². The van der Waals surface area contributed by atoms with E-state index in [4.69, 9.17) is 21.8 Å². The minimum Gasteiger partial charge on any atom is -0.443 e. The summed E-state index contributed by atoms with van der Waals surface area (Å²) in [7, 11) is 0. The highest BCUT2D eigenvalue weighted by molar-refractivity contribution is 6.30. The summed E-state index contributed by atoms with van der Waals surface area (Å²) in [5.74, 6) is -0.749. The van der Waals surface area contributed by atoms with Gasteiger partial charge in [0.1, 0.15) is 17.3 Å². The van der Waals surface area contributed by atoms with Gasteiger partial charge in [-0.25, -0.2) is 13.8 Å². The Labute approximate surface area is 148 Å². The molecule has 1 unspecified atom stereocenters. The molecule has 0 spiro atoms. The van der Waals surface area contributed by atoms with Crippen LogP contribution >= 0.6 is 24.0 Å². The van der Waals surface area contributed by atoms with E-state index in [1.54, 1.807) is 24.3 Å². The summed E-state index contributed by atoms with van der Waals surface area (Å²) in [6, 6.07) is 9.83. The maximum Gasteiger partial charge on any atom is 0.181 e. The molecular weight excluding hydrogens is 357 g/mol. The molecule has 3 nitrogen and oxygen atoms in total. The molecule has 1 atom stereocenters. The number of hydrogen-bond acceptors (Lipinski definition) is 3. The number of oxazole rings is 1. The molecule has 0 aliphatic rings. The fourth-order valence-corrected chi connectivity index (χ4v) is 2.54. The zero-order chi connectivity index (χ0) is 16.4.